The maximum Gasteiger partial charge on any atom is 0.182 e. The van der Waals surface area contributed by atoms with Gasteiger partial charge in [0.2, 0.25) is 0 Å². The normalized spacial score (nSPS) is 13.6. The van der Waals surface area contributed by atoms with Crippen molar-refractivity contribution in [2.45, 2.75) is 13.8 Å². The molecule has 0 atom stereocenters. The molecule has 0 fully saturated rings. The highest BCUT2D eigenvalue weighted by Gasteiger charge is 1.94. The fourth-order valence-electron chi connectivity index (χ4n) is 1.61. The largest absolute Gasteiger partial charge is 0.508 e. The summed E-state index contributed by atoms with van der Waals surface area (Å²) in [4.78, 5) is 11.7. The van der Waals surface area contributed by atoms with Gasteiger partial charge in [-0.05, 0) is 37.1 Å². The molecule has 1 aromatic carbocycles. The van der Waals surface area contributed by atoms with Crippen LogP contribution >= 0.6 is 0 Å². The summed E-state index contributed by atoms with van der Waals surface area (Å²) in [6.45, 7) is 3.82. The number of benzene rings is 1. The lowest BCUT2D eigenvalue weighted by atomic mass is 10.2. The van der Waals surface area contributed by atoms with E-state index < -0.39 is 0 Å². The van der Waals surface area contributed by atoms with Crippen molar-refractivity contribution in [1.82, 2.24) is 0 Å². The number of carbonyl (C=O) groups is 1. The minimum Gasteiger partial charge on any atom is -0.508 e. The van der Waals surface area contributed by atoms with Gasteiger partial charge in [-0.15, -0.1) is 0 Å². The molecule has 0 saturated carbocycles. The Bertz CT molecular complexity index is 600. The van der Waals surface area contributed by atoms with Crippen molar-refractivity contribution >= 4 is 11.9 Å². The molecule has 0 radical (unpaired) electrons. The average molecular weight is 280 g/mol. The third-order valence-electron chi connectivity index (χ3n) is 2.67. The van der Waals surface area contributed by atoms with Gasteiger partial charge in [-0.2, -0.15) is 0 Å². The SMILES string of the molecule is C\C=C/C(/C=C/C(=O)C=C(O)/C=C/c1ccccc1)=C\C. The molecule has 0 aliphatic heterocycles. The first kappa shape index (κ1) is 16.4. The number of ketones is 1. The molecule has 0 bridgehead atoms. The molecule has 0 aliphatic rings. The third kappa shape index (κ3) is 6.92. The number of allylic oxidation sites excluding steroid dienone is 8. The maximum atomic E-state index is 11.7. The smallest absolute Gasteiger partial charge is 0.182 e. The van der Waals surface area contributed by atoms with Crippen molar-refractivity contribution < 1.29 is 9.90 Å². The van der Waals surface area contributed by atoms with Crippen LogP contribution in [0.4, 0.5) is 0 Å². The Morgan fingerprint density at radius 3 is 2.33 bits per heavy atom. The van der Waals surface area contributed by atoms with E-state index >= 15 is 0 Å². The van der Waals surface area contributed by atoms with Gasteiger partial charge in [0, 0.05) is 6.08 Å². The highest BCUT2D eigenvalue weighted by molar-refractivity contribution is 6.00. The lowest BCUT2D eigenvalue weighted by Crippen LogP contribution is -1.89. The van der Waals surface area contributed by atoms with E-state index in [0.29, 0.717) is 0 Å². The third-order valence-corrected chi connectivity index (χ3v) is 2.67. The first-order valence-corrected chi connectivity index (χ1v) is 6.80. The van der Waals surface area contributed by atoms with Gasteiger partial charge >= 0.3 is 0 Å². The highest BCUT2D eigenvalue weighted by atomic mass is 16.3. The number of aliphatic hydroxyl groups excluding tert-OH is 1. The predicted octanol–water partition coefficient (Wildman–Crippen LogP) is 4.79. The van der Waals surface area contributed by atoms with Crippen molar-refractivity contribution in [2.75, 3.05) is 0 Å². The molecule has 2 heteroatoms. The van der Waals surface area contributed by atoms with Crippen LogP contribution in [-0.4, -0.2) is 10.9 Å². The summed E-state index contributed by atoms with van der Waals surface area (Å²) in [5, 5.41) is 9.70. The summed E-state index contributed by atoms with van der Waals surface area (Å²) in [5.41, 5.74) is 1.91. The van der Waals surface area contributed by atoms with Gasteiger partial charge in [0.1, 0.15) is 5.76 Å². The molecule has 0 aromatic heterocycles. The summed E-state index contributed by atoms with van der Waals surface area (Å²) >= 11 is 0. The van der Waals surface area contributed by atoms with Gasteiger partial charge in [-0.25, -0.2) is 0 Å². The number of carbonyl (C=O) groups excluding carboxylic acids is 1. The second-order valence-corrected chi connectivity index (χ2v) is 4.34. The Balaban J connectivity index is 2.67. The zero-order chi connectivity index (χ0) is 15.5. The molecule has 0 unspecified atom stereocenters. The minimum absolute atomic E-state index is 0.0680. The van der Waals surface area contributed by atoms with Crippen LogP contribution < -0.4 is 0 Å². The van der Waals surface area contributed by atoms with Gasteiger partial charge in [0.05, 0.1) is 0 Å². The van der Waals surface area contributed by atoms with Crippen LogP contribution in [0.25, 0.3) is 6.08 Å². The lowest BCUT2D eigenvalue weighted by Gasteiger charge is -1.93. The molecule has 1 rings (SSSR count). The quantitative estimate of drug-likeness (QED) is 0.462. The van der Waals surface area contributed by atoms with Gasteiger partial charge < -0.3 is 5.11 Å². The van der Waals surface area contributed by atoms with Crippen molar-refractivity contribution in [3.8, 4) is 0 Å². The van der Waals surface area contributed by atoms with E-state index in [1.165, 1.54) is 18.2 Å². The summed E-state index contributed by atoms with van der Waals surface area (Å²) in [6, 6.07) is 9.58. The van der Waals surface area contributed by atoms with Crippen molar-refractivity contribution in [3.05, 3.63) is 89.8 Å². The maximum absolute atomic E-state index is 11.7. The summed E-state index contributed by atoms with van der Waals surface area (Å²) in [7, 11) is 0. The van der Waals surface area contributed by atoms with E-state index in [4.69, 9.17) is 0 Å². The second-order valence-electron chi connectivity index (χ2n) is 4.34. The zero-order valence-electron chi connectivity index (χ0n) is 12.4. The Morgan fingerprint density at radius 2 is 1.71 bits per heavy atom. The minimum atomic E-state index is -0.255. The number of hydrogen-bond acceptors (Lipinski definition) is 2. The molecule has 0 aliphatic carbocycles. The van der Waals surface area contributed by atoms with Crippen LogP contribution in [0, 0.1) is 0 Å². The van der Waals surface area contributed by atoms with E-state index in [1.807, 2.05) is 62.4 Å². The van der Waals surface area contributed by atoms with E-state index in [9.17, 15) is 9.90 Å². The molecule has 0 amide bonds. The number of aliphatic hydroxyl groups is 1. The fraction of sp³-hybridized carbons (Fsp3) is 0.105. The van der Waals surface area contributed by atoms with Gasteiger partial charge in [0.15, 0.2) is 5.78 Å². The molecular weight excluding hydrogens is 260 g/mol. The van der Waals surface area contributed by atoms with E-state index in [0.717, 1.165) is 11.1 Å². The second kappa shape index (κ2) is 9.32. The van der Waals surface area contributed by atoms with Crippen LogP contribution in [0.3, 0.4) is 0 Å². The molecule has 108 valence electrons. The molecule has 0 heterocycles. The monoisotopic (exact) mass is 280 g/mol. The van der Waals surface area contributed by atoms with Crippen molar-refractivity contribution in [2.24, 2.45) is 0 Å². The Hall–Kier alpha value is -2.61. The summed E-state index contributed by atoms with van der Waals surface area (Å²) < 4.78 is 0. The number of hydrogen-bond donors (Lipinski definition) is 1. The number of rotatable bonds is 6. The van der Waals surface area contributed by atoms with Crippen molar-refractivity contribution in [3.63, 3.8) is 0 Å². The molecule has 21 heavy (non-hydrogen) atoms. The van der Waals surface area contributed by atoms with Gasteiger partial charge in [-0.1, -0.05) is 60.7 Å². The van der Waals surface area contributed by atoms with E-state index in [1.54, 1.807) is 12.2 Å². The molecule has 2 nitrogen and oxygen atoms in total. The van der Waals surface area contributed by atoms with E-state index in [2.05, 4.69) is 0 Å². The molecule has 0 spiro atoms. The van der Waals surface area contributed by atoms with Crippen LogP contribution in [0.2, 0.25) is 0 Å². The topological polar surface area (TPSA) is 37.3 Å². The Labute approximate surface area is 126 Å². The van der Waals surface area contributed by atoms with Crippen LogP contribution in [0.15, 0.2) is 84.2 Å². The van der Waals surface area contributed by atoms with Crippen LogP contribution in [-0.2, 0) is 4.79 Å². The molecule has 1 aromatic rings. The summed E-state index contributed by atoms with van der Waals surface area (Å²) in [6.07, 6.45) is 13.3. The lowest BCUT2D eigenvalue weighted by molar-refractivity contribution is -0.110. The first-order valence-electron chi connectivity index (χ1n) is 6.80. The van der Waals surface area contributed by atoms with Crippen LogP contribution in [0.5, 0.6) is 0 Å². The van der Waals surface area contributed by atoms with Gasteiger partial charge in [-0.3, -0.25) is 4.79 Å². The average Bonchev–Trinajstić information content (AvgIpc) is 2.50. The van der Waals surface area contributed by atoms with E-state index in [-0.39, 0.29) is 11.5 Å². The highest BCUT2D eigenvalue weighted by Crippen LogP contribution is 2.04. The standard InChI is InChI=1S/C19H20O2/c1-3-8-16(4-2)11-13-18(20)15-19(21)14-12-17-9-6-5-7-10-17/h3-15,21H,1-2H3/b8-3-,13-11+,14-12+,16-4+,19-15?. The summed E-state index contributed by atoms with van der Waals surface area (Å²) in [5.74, 6) is -0.323. The van der Waals surface area contributed by atoms with Crippen LogP contribution in [0.1, 0.15) is 19.4 Å². The predicted molar refractivity (Wildman–Crippen MR) is 88.9 cm³/mol. The molecule has 1 N–H and O–H groups in total. The zero-order valence-corrected chi connectivity index (χ0v) is 12.4. The molecule has 0 saturated heterocycles. The Morgan fingerprint density at radius 1 is 1.00 bits per heavy atom. The first-order chi connectivity index (χ1) is 10.2. The molecular formula is C19H20O2. The van der Waals surface area contributed by atoms with Crippen molar-refractivity contribution in [1.29, 1.82) is 0 Å². The Kier molecular flexibility index (Phi) is 7.30. The van der Waals surface area contributed by atoms with Gasteiger partial charge in [0.25, 0.3) is 0 Å². The fourth-order valence-corrected chi connectivity index (χ4v) is 1.61.